The molecule has 0 atom stereocenters. The summed E-state index contributed by atoms with van der Waals surface area (Å²) in [5.74, 6) is -1.86. The van der Waals surface area contributed by atoms with Gasteiger partial charge in [0, 0.05) is 3.57 Å². The second-order valence-electron chi connectivity index (χ2n) is 4.96. The van der Waals surface area contributed by atoms with Crippen LogP contribution in [0.4, 0.5) is 10.1 Å². The van der Waals surface area contributed by atoms with Gasteiger partial charge in [-0.05, 0) is 70.7 Å². The minimum atomic E-state index is -0.660. The van der Waals surface area contributed by atoms with Crippen molar-refractivity contribution in [3.8, 4) is 0 Å². The molecule has 1 fully saturated rings. The molecule has 0 aliphatic carbocycles. The maximum absolute atomic E-state index is 14.0. The van der Waals surface area contributed by atoms with Crippen molar-refractivity contribution in [2.45, 2.75) is 0 Å². The van der Waals surface area contributed by atoms with Crippen LogP contribution in [0, 0.1) is 9.39 Å². The van der Waals surface area contributed by atoms with Crippen LogP contribution in [0.25, 0.3) is 6.08 Å². The Morgan fingerprint density at radius 1 is 1.08 bits per heavy atom. The Morgan fingerprint density at radius 2 is 1.75 bits per heavy atom. The van der Waals surface area contributed by atoms with Crippen LogP contribution in [0.2, 0.25) is 0 Å². The molecular formula is C17H10FIN2O2S. The zero-order chi connectivity index (χ0) is 17.3. The van der Waals surface area contributed by atoms with Crippen LogP contribution in [-0.4, -0.2) is 16.9 Å². The molecule has 0 aromatic heterocycles. The van der Waals surface area contributed by atoms with Crippen LogP contribution in [0.3, 0.4) is 0 Å². The van der Waals surface area contributed by atoms with Gasteiger partial charge in [0.25, 0.3) is 11.8 Å². The fraction of sp³-hybridized carbons (Fsp3) is 0. The van der Waals surface area contributed by atoms with Crippen molar-refractivity contribution in [2.24, 2.45) is 0 Å². The van der Waals surface area contributed by atoms with Crippen molar-refractivity contribution in [3.05, 3.63) is 69.1 Å². The molecule has 1 aliphatic rings. The van der Waals surface area contributed by atoms with E-state index in [1.165, 1.54) is 24.3 Å². The summed E-state index contributed by atoms with van der Waals surface area (Å²) in [5.41, 5.74) is 0.587. The van der Waals surface area contributed by atoms with Gasteiger partial charge in [0.15, 0.2) is 5.11 Å². The van der Waals surface area contributed by atoms with Gasteiger partial charge in [0.1, 0.15) is 11.4 Å². The van der Waals surface area contributed by atoms with E-state index >= 15 is 0 Å². The number of para-hydroxylation sites is 1. The van der Waals surface area contributed by atoms with Crippen molar-refractivity contribution in [2.75, 3.05) is 4.90 Å². The predicted molar refractivity (Wildman–Crippen MR) is 102 cm³/mol. The maximum atomic E-state index is 14.0. The zero-order valence-electron chi connectivity index (χ0n) is 12.1. The number of carbonyl (C=O) groups excluding carboxylic acids is 2. The van der Waals surface area contributed by atoms with Crippen molar-refractivity contribution < 1.29 is 14.0 Å². The second-order valence-corrected chi connectivity index (χ2v) is 6.59. The summed E-state index contributed by atoms with van der Waals surface area (Å²) in [5, 5.41) is 2.28. The summed E-state index contributed by atoms with van der Waals surface area (Å²) < 4.78 is 15.1. The van der Waals surface area contributed by atoms with Gasteiger partial charge < -0.3 is 0 Å². The number of amides is 2. The third-order valence-corrected chi connectivity index (χ3v) is 4.38. The van der Waals surface area contributed by atoms with Gasteiger partial charge in [-0.15, -0.1) is 0 Å². The molecule has 1 aliphatic heterocycles. The third-order valence-electron chi connectivity index (χ3n) is 3.38. The second kappa shape index (κ2) is 6.78. The molecule has 0 bridgehead atoms. The highest BCUT2D eigenvalue weighted by Gasteiger charge is 2.35. The van der Waals surface area contributed by atoms with Gasteiger partial charge in [-0.3, -0.25) is 14.9 Å². The molecular weight excluding hydrogens is 442 g/mol. The number of carbonyl (C=O) groups is 2. The van der Waals surface area contributed by atoms with E-state index in [0.717, 1.165) is 8.47 Å². The average Bonchev–Trinajstić information content (AvgIpc) is 2.55. The Morgan fingerprint density at radius 3 is 2.42 bits per heavy atom. The summed E-state index contributed by atoms with van der Waals surface area (Å²) in [7, 11) is 0. The molecule has 0 spiro atoms. The predicted octanol–water partition coefficient (Wildman–Crippen LogP) is 3.26. The number of hydrogen-bond acceptors (Lipinski definition) is 3. The molecule has 0 unspecified atom stereocenters. The number of anilines is 1. The largest absolute Gasteiger partial charge is 0.298 e. The van der Waals surface area contributed by atoms with E-state index in [1.54, 1.807) is 18.2 Å². The lowest BCUT2D eigenvalue weighted by atomic mass is 10.1. The van der Waals surface area contributed by atoms with E-state index in [-0.39, 0.29) is 16.4 Å². The monoisotopic (exact) mass is 452 g/mol. The number of hydrogen-bond donors (Lipinski definition) is 1. The highest BCUT2D eigenvalue weighted by atomic mass is 127. The molecule has 120 valence electrons. The van der Waals surface area contributed by atoms with Crippen LogP contribution < -0.4 is 10.2 Å². The van der Waals surface area contributed by atoms with E-state index in [0.29, 0.717) is 5.56 Å². The van der Waals surface area contributed by atoms with Crippen LogP contribution in [0.1, 0.15) is 5.56 Å². The van der Waals surface area contributed by atoms with Crippen molar-refractivity contribution in [3.63, 3.8) is 0 Å². The Hall–Kier alpha value is -2.13. The average molecular weight is 452 g/mol. The van der Waals surface area contributed by atoms with Gasteiger partial charge in [-0.25, -0.2) is 9.29 Å². The standard InChI is InChI=1S/C17H10FIN2O2S/c18-13-3-1-2-4-14(13)21-16(23)12(15(22)20-17(21)24)9-10-5-7-11(19)8-6-10/h1-9H,(H,20,22,24)/b12-9+. The molecule has 1 N–H and O–H groups in total. The van der Waals surface area contributed by atoms with Gasteiger partial charge >= 0.3 is 0 Å². The molecule has 4 nitrogen and oxygen atoms in total. The Bertz CT molecular complexity index is 880. The summed E-state index contributed by atoms with van der Waals surface area (Å²) in [4.78, 5) is 25.8. The molecule has 2 amide bonds. The van der Waals surface area contributed by atoms with Gasteiger partial charge in [0.05, 0.1) is 5.69 Å². The van der Waals surface area contributed by atoms with E-state index in [4.69, 9.17) is 12.2 Å². The van der Waals surface area contributed by atoms with Crippen LogP contribution in [0.15, 0.2) is 54.1 Å². The molecule has 7 heteroatoms. The van der Waals surface area contributed by atoms with Crippen molar-refractivity contribution in [1.29, 1.82) is 0 Å². The van der Waals surface area contributed by atoms with E-state index in [1.807, 2.05) is 12.1 Å². The highest BCUT2D eigenvalue weighted by molar-refractivity contribution is 14.1. The topological polar surface area (TPSA) is 49.4 Å². The number of halogens is 2. The fourth-order valence-corrected chi connectivity index (χ4v) is 2.87. The number of benzene rings is 2. The van der Waals surface area contributed by atoms with Crippen LogP contribution in [0.5, 0.6) is 0 Å². The van der Waals surface area contributed by atoms with E-state index in [2.05, 4.69) is 27.9 Å². The Labute approximate surface area is 156 Å². The van der Waals surface area contributed by atoms with Gasteiger partial charge in [0.2, 0.25) is 0 Å². The summed E-state index contributed by atoms with van der Waals surface area (Å²) >= 11 is 7.19. The third kappa shape index (κ3) is 3.22. The van der Waals surface area contributed by atoms with E-state index < -0.39 is 17.6 Å². The molecule has 2 aromatic carbocycles. The number of thiocarbonyl (C=S) groups is 1. The van der Waals surface area contributed by atoms with E-state index in [9.17, 15) is 14.0 Å². The molecule has 1 heterocycles. The first-order chi connectivity index (χ1) is 11.5. The smallest absolute Gasteiger partial charge is 0.270 e. The van der Waals surface area contributed by atoms with Gasteiger partial charge in [-0.2, -0.15) is 0 Å². The van der Waals surface area contributed by atoms with Crippen molar-refractivity contribution >= 4 is 63.5 Å². The molecule has 24 heavy (non-hydrogen) atoms. The Kier molecular flexibility index (Phi) is 4.72. The highest BCUT2D eigenvalue weighted by Crippen LogP contribution is 2.24. The first-order valence-corrected chi connectivity index (χ1v) is 8.37. The molecule has 0 radical (unpaired) electrons. The molecule has 2 aromatic rings. The fourth-order valence-electron chi connectivity index (χ4n) is 2.23. The lowest BCUT2D eigenvalue weighted by Crippen LogP contribution is -2.54. The normalized spacial score (nSPS) is 16.5. The first kappa shape index (κ1) is 16.7. The maximum Gasteiger partial charge on any atom is 0.270 e. The lowest BCUT2D eigenvalue weighted by Gasteiger charge is -2.29. The first-order valence-electron chi connectivity index (χ1n) is 6.89. The molecule has 3 rings (SSSR count). The zero-order valence-corrected chi connectivity index (χ0v) is 15.1. The minimum absolute atomic E-state index is 0.000935. The van der Waals surface area contributed by atoms with Gasteiger partial charge in [-0.1, -0.05) is 24.3 Å². The van der Waals surface area contributed by atoms with Crippen LogP contribution >= 0.6 is 34.8 Å². The van der Waals surface area contributed by atoms with Crippen LogP contribution in [-0.2, 0) is 9.59 Å². The van der Waals surface area contributed by atoms with Crippen molar-refractivity contribution in [1.82, 2.24) is 5.32 Å². The summed E-state index contributed by atoms with van der Waals surface area (Å²) in [6.07, 6.45) is 1.46. The SMILES string of the molecule is O=C1NC(=S)N(c2ccccc2F)C(=O)/C1=C/c1ccc(I)cc1. The summed E-state index contributed by atoms with van der Waals surface area (Å²) in [6.45, 7) is 0. The lowest BCUT2D eigenvalue weighted by molar-refractivity contribution is -0.122. The molecule has 0 saturated carbocycles. The Balaban J connectivity index is 2.03. The molecule has 1 saturated heterocycles. The quantitative estimate of drug-likeness (QED) is 0.330. The minimum Gasteiger partial charge on any atom is -0.298 e. The number of nitrogens with zero attached hydrogens (tertiary/aromatic N) is 1. The summed E-state index contributed by atoms with van der Waals surface area (Å²) in [6, 6.07) is 13.1. The number of nitrogens with one attached hydrogen (secondary N) is 1. The number of rotatable bonds is 2.